The Balaban J connectivity index is 1.13. The fourth-order valence-electron chi connectivity index (χ4n) is 8.64. The molecule has 4 aliphatic rings. The fraction of sp³-hybridized carbons (Fsp3) is 0.733. The van der Waals surface area contributed by atoms with Crippen LogP contribution in [0, 0.1) is 32.1 Å². The Labute approximate surface area is 226 Å². The predicted molar refractivity (Wildman–Crippen MR) is 150 cm³/mol. The van der Waals surface area contributed by atoms with Gasteiger partial charge in [0.05, 0.1) is 11.4 Å². The number of hydrogen-bond donors (Lipinski definition) is 0. The molecule has 0 amide bonds. The highest BCUT2D eigenvalue weighted by Gasteiger charge is 2.46. The van der Waals surface area contributed by atoms with Crippen molar-refractivity contribution < 1.29 is 0 Å². The first-order valence-electron chi connectivity index (χ1n) is 15.1. The van der Waals surface area contributed by atoms with Gasteiger partial charge in [-0.15, -0.1) is 0 Å². The van der Waals surface area contributed by atoms with Crippen molar-refractivity contribution in [3.63, 3.8) is 0 Å². The van der Waals surface area contributed by atoms with Crippen LogP contribution in [0.5, 0.6) is 0 Å². The molecule has 7 rings (SSSR count). The van der Waals surface area contributed by atoms with Gasteiger partial charge in [-0.25, -0.2) is 9.97 Å². The van der Waals surface area contributed by atoms with Gasteiger partial charge in [0.15, 0.2) is 5.82 Å². The van der Waals surface area contributed by atoms with Gasteiger partial charge in [-0.2, -0.15) is 10.2 Å². The van der Waals surface area contributed by atoms with Gasteiger partial charge >= 0.3 is 0 Å². The third kappa shape index (κ3) is 4.05. The molecule has 3 aromatic heterocycles. The molecule has 0 N–H and O–H groups in total. The van der Waals surface area contributed by atoms with Crippen LogP contribution in [0.4, 0.5) is 5.82 Å². The molecule has 8 heteroatoms. The van der Waals surface area contributed by atoms with Gasteiger partial charge in [-0.1, -0.05) is 12.8 Å². The summed E-state index contributed by atoms with van der Waals surface area (Å²) < 4.78 is 4.39. The number of piperidine rings is 1. The zero-order valence-electron chi connectivity index (χ0n) is 23.8. The lowest BCUT2D eigenvalue weighted by atomic mass is 9.60. The van der Waals surface area contributed by atoms with Crippen molar-refractivity contribution in [3.8, 4) is 0 Å². The highest BCUT2D eigenvalue weighted by Crippen LogP contribution is 2.51. The molecule has 3 unspecified atom stereocenters. The first-order chi connectivity index (χ1) is 18.4. The van der Waals surface area contributed by atoms with E-state index >= 15 is 0 Å². The molecule has 0 aromatic carbocycles. The second-order valence-electron chi connectivity index (χ2n) is 12.9. The van der Waals surface area contributed by atoms with Crippen LogP contribution < -0.4 is 4.90 Å². The summed E-state index contributed by atoms with van der Waals surface area (Å²) in [5.41, 5.74) is 7.50. The van der Waals surface area contributed by atoms with Crippen molar-refractivity contribution in [2.24, 2.45) is 18.4 Å². The summed E-state index contributed by atoms with van der Waals surface area (Å²) in [4.78, 5) is 14.9. The van der Waals surface area contributed by atoms with E-state index in [0.29, 0.717) is 5.41 Å². The maximum atomic E-state index is 5.20. The van der Waals surface area contributed by atoms with Crippen molar-refractivity contribution in [2.75, 3.05) is 24.5 Å². The molecule has 8 nitrogen and oxygen atoms in total. The molecular weight excluding hydrogens is 472 g/mol. The molecule has 2 aliphatic carbocycles. The average molecular weight is 517 g/mol. The van der Waals surface area contributed by atoms with E-state index in [4.69, 9.17) is 15.1 Å². The minimum atomic E-state index is 0.445. The molecule has 2 bridgehead atoms. The lowest BCUT2D eigenvalue weighted by Crippen LogP contribution is -2.51. The predicted octanol–water partition coefficient (Wildman–Crippen LogP) is 4.87. The van der Waals surface area contributed by atoms with Crippen LogP contribution >= 0.6 is 0 Å². The second kappa shape index (κ2) is 9.32. The van der Waals surface area contributed by atoms with E-state index in [-0.39, 0.29) is 0 Å². The van der Waals surface area contributed by atoms with E-state index < -0.39 is 0 Å². The summed E-state index contributed by atoms with van der Waals surface area (Å²) in [5, 5.41) is 9.85. The standard InChI is InChI=1S/C30H44N8/c1-20-24-18-37(29-28-27(31-22(3)32-29)21(2)33-35(28)4)16-11-26(24)38(34-20)19-30-12-8-9-23(17-30)25(10-13-30)36-14-6-5-7-15-36/h23,25H,5-19H2,1-4H3. The number of aromatic nitrogens is 6. The second-order valence-corrected chi connectivity index (χ2v) is 12.9. The number of rotatable bonds is 4. The van der Waals surface area contributed by atoms with Crippen molar-refractivity contribution >= 4 is 16.9 Å². The van der Waals surface area contributed by atoms with E-state index in [2.05, 4.69) is 26.5 Å². The Morgan fingerprint density at radius 3 is 2.58 bits per heavy atom. The monoisotopic (exact) mass is 516 g/mol. The van der Waals surface area contributed by atoms with Crippen LogP contribution in [0.25, 0.3) is 11.0 Å². The molecule has 204 valence electrons. The van der Waals surface area contributed by atoms with Crippen LogP contribution in [0.15, 0.2) is 0 Å². The molecule has 3 aromatic rings. The maximum absolute atomic E-state index is 5.20. The molecule has 38 heavy (non-hydrogen) atoms. The summed E-state index contributed by atoms with van der Waals surface area (Å²) >= 11 is 0. The third-order valence-electron chi connectivity index (χ3n) is 10.4. The first kappa shape index (κ1) is 24.6. The van der Waals surface area contributed by atoms with Gasteiger partial charge in [0.25, 0.3) is 0 Å². The molecule has 2 saturated carbocycles. The number of likely N-dealkylation sites (tertiary alicyclic amines) is 1. The molecule has 3 fully saturated rings. The minimum absolute atomic E-state index is 0.445. The zero-order chi connectivity index (χ0) is 26.0. The quantitative estimate of drug-likeness (QED) is 0.493. The third-order valence-corrected chi connectivity index (χ3v) is 10.4. The van der Waals surface area contributed by atoms with E-state index in [1.807, 2.05) is 25.6 Å². The Bertz CT molecular complexity index is 1350. The largest absolute Gasteiger partial charge is 0.350 e. The number of fused-ring (bicyclic) bond motifs is 4. The first-order valence-corrected chi connectivity index (χ1v) is 15.1. The molecule has 3 atom stereocenters. The smallest absolute Gasteiger partial charge is 0.158 e. The van der Waals surface area contributed by atoms with E-state index in [0.717, 1.165) is 66.4 Å². The molecule has 1 saturated heterocycles. The summed E-state index contributed by atoms with van der Waals surface area (Å²) in [6, 6.07) is 0.842. The minimum Gasteiger partial charge on any atom is -0.350 e. The van der Waals surface area contributed by atoms with Crippen LogP contribution in [0.3, 0.4) is 0 Å². The van der Waals surface area contributed by atoms with Crippen molar-refractivity contribution in [1.82, 2.24) is 34.4 Å². The SMILES string of the molecule is Cc1nc(N2CCc3c(c(C)nn3CC34CCCC(C3)C(N3CCCCC3)CC4)C2)c2c(n1)c(C)nn2C. The number of aryl methyl sites for hydroxylation is 4. The number of hydrogen-bond acceptors (Lipinski definition) is 6. The molecule has 0 radical (unpaired) electrons. The fourth-order valence-corrected chi connectivity index (χ4v) is 8.64. The lowest BCUT2D eigenvalue weighted by Gasteiger charge is -2.52. The average Bonchev–Trinajstić information content (AvgIpc) is 3.38. The Morgan fingerprint density at radius 2 is 1.74 bits per heavy atom. The van der Waals surface area contributed by atoms with Crippen LogP contribution in [0.1, 0.15) is 86.3 Å². The van der Waals surface area contributed by atoms with E-state index in [1.165, 1.54) is 87.8 Å². The summed E-state index contributed by atoms with van der Waals surface area (Å²) in [6.45, 7) is 11.9. The van der Waals surface area contributed by atoms with Gasteiger partial charge in [-0.3, -0.25) is 9.36 Å². The number of nitrogens with zero attached hydrogens (tertiary/aromatic N) is 8. The van der Waals surface area contributed by atoms with Gasteiger partial charge in [0.2, 0.25) is 0 Å². The highest BCUT2D eigenvalue weighted by molar-refractivity contribution is 5.88. The highest BCUT2D eigenvalue weighted by atomic mass is 15.3. The zero-order valence-corrected chi connectivity index (χ0v) is 23.8. The van der Waals surface area contributed by atoms with Gasteiger partial charge < -0.3 is 9.80 Å². The van der Waals surface area contributed by atoms with Crippen molar-refractivity contribution in [1.29, 1.82) is 0 Å². The summed E-state index contributed by atoms with van der Waals surface area (Å²) in [6.07, 6.45) is 13.7. The molecule has 5 heterocycles. The lowest BCUT2D eigenvalue weighted by molar-refractivity contribution is -0.0178. The Kier molecular flexibility index (Phi) is 6.02. The summed E-state index contributed by atoms with van der Waals surface area (Å²) in [7, 11) is 2.01. The maximum Gasteiger partial charge on any atom is 0.158 e. The van der Waals surface area contributed by atoms with Crippen LogP contribution in [-0.4, -0.2) is 60.1 Å². The molecule has 0 spiro atoms. The Morgan fingerprint density at radius 1 is 0.895 bits per heavy atom. The molecule has 2 aliphatic heterocycles. The number of anilines is 1. The normalized spacial score (nSPS) is 28.2. The van der Waals surface area contributed by atoms with Gasteiger partial charge in [-0.05, 0) is 90.1 Å². The Hall–Kier alpha value is -2.48. The van der Waals surface area contributed by atoms with Crippen molar-refractivity contribution in [2.45, 2.75) is 104 Å². The van der Waals surface area contributed by atoms with Crippen LogP contribution in [0.2, 0.25) is 0 Å². The summed E-state index contributed by atoms with van der Waals surface area (Å²) in [5.74, 6) is 2.72. The van der Waals surface area contributed by atoms with Crippen LogP contribution in [-0.2, 0) is 26.6 Å². The van der Waals surface area contributed by atoms with E-state index in [9.17, 15) is 0 Å². The van der Waals surface area contributed by atoms with Gasteiger partial charge in [0, 0.05) is 50.4 Å². The molecular formula is C30H44N8. The van der Waals surface area contributed by atoms with Gasteiger partial charge in [0.1, 0.15) is 16.9 Å². The van der Waals surface area contributed by atoms with Crippen molar-refractivity contribution in [3.05, 3.63) is 28.5 Å². The van der Waals surface area contributed by atoms with E-state index in [1.54, 1.807) is 0 Å². The topological polar surface area (TPSA) is 67.9 Å².